The van der Waals surface area contributed by atoms with Gasteiger partial charge < -0.3 is 14.7 Å². The van der Waals surface area contributed by atoms with Crippen LogP contribution in [0.15, 0.2) is 52.4 Å². The van der Waals surface area contributed by atoms with Gasteiger partial charge in [0.1, 0.15) is 11.6 Å². The van der Waals surface area contributed by atoms with Crippen molar-refractivity contribution < 1.29 is 41.0 Å². The molecule has 10 nitrogen and oxygen atoms in total. The zero-order valence-corrected chi connectivity index (χ0v) is 23.1. The smallest absolute Gasteiger partial charge is 0.465 e. The number of carboxylic acid groups (broad SMARTS) is 1. The van der Waals surface area contributed by atoms with Crippen molar-refractivity contribution >= 4 is 27.9 Å². The number of amides is 2. The second kappa shape index (κ2) is 12.7. The van der Waals surface area contributed by atoms with E-state index in [1.807, 2.05) is 12.1 Å². The largest absolute Gasteiger partial charge is 0.573 e. The predicted octanol–water partition coefficient (Wildman–Crippen LogP) is 4.08. The minimum Gasteiger partial charge on any atom is -0.465 e. The minimum absolute atomic E-state index is 0.119. The molecule has 0 aromatic heterocycles. The van der Waals surface area contributed by atoms with Gasteiger partial charge in [-0.05, 0) is 49.1 Å². The molecular weight excluding hydrogens is 553 g/mol. The maximum atomic E-state index is 12.9. The number of amidine groups is 1. The van der Waals surface area contributed by atoms with Gasteiger partial charge in [0.25, 0.3) is 0 Å². The van der Waals surface area contributed by atoms with Crippen LogP contribution in [0.5, 0.6) is 5.75 Å². The first-order valence-corrected chi connectivity index (χ1v) is 13.8. The van der Waals surface area contributed by atoms with Crippen LogP contribution in [0.3, 0.4) is 0 Å². The van der Waals surface area contributed by atoms with Crippen molar-refractivity contribution in [1.29, 1.82) is 0 Å². The lowest BCUT2D eigenvalue weighted by Crippen LogP contribution is -2.33. The van der Waals surface area contributed by atoms with Crippen LogP contribution in [0.1, 0.15) is 36.0 Å². The molecule has 0 saturated carbocycles. The van der Waals surface area contributed by atoms with Crippen molar-refractivity contribution in [1.82, 2.24) is 14.1 Å². The van der Waals surface area contributed by atoms with E-state index in [-0.39, 0.29) is 29.3 Å². The van der Waals surface area contributed by atoms with Gasteiger partial charge in [-0.25, -0.2) is 17.5 Å². The van der Waals surface area contributed by atoms with E-state index in [0.29, 0.717) is 43.9 Å². The van der Waals surface area contributed by atoms with E-state index in [0.717, 1.165) is 28.1 Å². The van der Waals surface area contributed by atoms with E-state index >= 15 is 0 Å². The Kier molecular flexibility index (Phi) is 9.79. The first kappa shape index (κ1) is 30.9. The van der Waals surface area contributed by atoms with E-state index in [9.17, 15) is 36.3 Å². The van der Waals surface area contributed by atoms with Gasteiger partial charge in [-0.15, -0.1) is 13.2 Å². The number of alkyl halides is 3. The first-order chi connectivity index (χ1) is 18.7. The van der Waals surface area contributed by atoms with Gasteiger partial charge in [0, 0.05) is 39.2 Å². The topological polar surface area (TPSA) is 120 Å². The number of hydrogen-bond donors (Lipinski definition) is 1. The van der Waals surface area contributed by atoms with Gasteiger partial charge in [0.2, 0.25) is 15.9 Å². The molecule has 0 spiro atoms. The molecule has 2 aromatic carbocycles. The summed E-state index contributed by atoms with van der Waals surface area (Å²) in [4.78, 5) is 30.8. The van der Waals surface area contributed by atoms with Gasteiger partial charge >= 0.3 is 12.5 Å². The van der Waals surface area contributed by atoms with Crippen LogP contribution in [0.25, 0.3) is 0 Å². The third kappa shape index (κ3) is 7.94. The fourth-order valence-electron chi connectivity index (χ4n) is 4.20. The van der Waals surface area contributed by atoms with Gasteiger partial charge in [-0.3, -0.25) is 14.7 Å². The summed E-state index contributed by atoms with van der Waals surface area (Å²) in [6.45, 7) is 2.59. The molecule has 1 N–H and O–H groups in total. The number of rotatable bonds is 11. The summed E-state index contributed by atoms with van der Waals surface area (Å²) in [5.41, 5.74) is 1.65. The summed E-state index contributed by atoms with van der Waals surface area (Å²) in [7, 11) is -0.913. The lowest BCUT2D eigenvalue weighted by atomic mass is 10.1. The standard InChI is InChI=1S/C26H31F3N4O6S/c1-18-16-21(39-26(27,28)29)11-12-22(18)40(37,38)32(3)14-5-4-6-23(34)31(2)17-19-7-9-20(10-8-19)24-30-13-15-33(24)25(35)36/h7-12,16H,4-6,13-15,17H2,1-3H3,(H,35,36). The average molecular weight is 585 g/mol. The Balaban J connectivity index is 1.47. The van der Waals surface area contributed by atoms with E-state index in [1.54, 1.807) is 24.1 Å². The number of carbonyl (C=O) groups excluding carboxylic acids is 1. The highest BCUT2D eigenvalue weighted by molar-refractivity contribution is 7.89. The number of benzene rings is 2. The highest BCUT2D eigenvalue weighted by Crippen LogP contribution is 2.28. The fourth-order valence-corrected chi connectivity index (χ4v) is 5.61. The fraction of sp³-hybridized carbons (Fsp3) is 0.423. The summed E-state index contributed by atoms with van der Waals surface area (Å²) in [6, 6.07) is 10.2. The molecule has 218 valence electrons. The highest BCUT2D eigenvalue weighted by Gasteiger charge is 2.32. The molecule has 1 aliphatic heterocycles. The molecular formula is C26H31F3N4O6S. The first-order valence-electron chi connectivity index (χ1n) is 12.4. The molecule has 0 bridgehead atoms. The molecule has 0 aliphatic carbocycles. The number of nitrogens with zero attached hydrogens (tertiary/aromatic N) is 4. The second-order valence-electron chi connectivity index (χ2n) is 9.35. The molecule has 3 rings (SSSR count). The number of carbonyl (C=O) groups is 2. The number of halogens is 3. The molecule has 0 atom stereocenters. The second-order valence-corrected chi connectivity index (χ2v) is 11.4. The van der Waals surface area contributed by atoms with Crippen LogP contribution in [-0.2, 0) is 21.4 Å². The van der Waals surface area contributed by atoms with Crippen molar-refractivity contribution in [3.05, 3.63) is 59.2 Å². The van der Waals surface area contributed by atoms with Crippen LogP contribution in [0.2, 0.25) is 0 Å². The Labute approximate surface area is 230 Å². The molecule has 0 saturated heterocycles. The zero-order chi connectivity index (χ0) is 29.7. The highest BCUT2D eigenvalue weighted by atomic mass is 32.2. The van der Waals surface area contributed by atoms with E-state index in [4.69, 9.17) is 0 Å². The number of hydrogen-bond acceptors (Lipinski definition) is 6. The molecule has 0 radical (unpaired) electrons. The Hall–Kier alpha value is -3.65. The van der Waals surface area contributed by atoms with Gasteiger partial charge in [0.05, 0.1) is 18.0 Å². The molecule has 0 fully saturated rings. The lowest BCUT2D eigenvalue weighted by Gasteiger charge is -2.20. The van der Waals surface area contributed by atoms with E-state index < -0.39 is 28.2 Å². The number of ether oxygens (including phenoxy) is 1. The summed E-state index contributed by atoms with van der Waals surface area (Å²) in [5, 5.41) is 9.27. The zero-order valence-electron chi connectivity index (χ0n) is 22.3. The summed E-state index contributed by atoms with van der Waals surface area (Å²) in [6.07, 6.45) is -4.89. The lowest BCUT2D eigenvalue weighted by molar-refractivity contribution is -0.274. The van der Waals surface area contributed by atoms with Crippen LogP contribution in [-0.4, -0.2) is 85.6 Å². The summed E-state index contributed by atoms with van der Waals surface area (Å²) in [5.74, 6) is -0.223. The van der Waals surface area contributed by atoms with Crippen LogP contribution in [0, 0.1) is 6.92 Å². The van der Waals surface area contributed by atoms with Crippen molar-refractivity contribution in [2.24, 2.45) is 4.99 Å². The normalized spacial score (nSPS) is 13.9. The number of sulfonamides is 1. The maximum absolute atomic E-state index is 12.9. The van der Waals surface area contributed by atoms with Crippen LogP contribution >= 0.6 is 0 Å². The Morgan fingerprint density at radius 1 is 1.10 bits per heavy atom. The molecule has 2 aromatic rings. The molecule has 2 amide bonds. The number of unbranched alkanes of at least 4 members (excludes halogenated alkanes) is 1. The number of aliphatic imine (C=N–C) groups is 1. The molecule has 1 aliphatic rings. The SMILES string of the molecule is Cc1cc(OC(F)(F)F)ccc1S(=O)(=O)N(C)CCCCC(=O)N(C)Cc1ccc(C2=NCCN2C(=O)O)cc1. The Morgan fingerprint density at radius 2 is 1.77 bits per heavy atom. The summed E-state index contributed by atoms with van der Waals surface area (Å²) < 4.78 is 68.0. The van der Waals surface area contributed by atoms with E-state index in [1.165, 1.54) is 18.9 Å². The van der Waals surface area contributed by atoms with Gasteiger partial charge in [-0.1, -0.05) is 24.3 Å². The van der Waals surface area contributed by atoms with Crippen molar-refractivity contribution in [2.75, 3.05) is 33.7 Å². The quantitative estimate of drug-likeness (QED) is 0.398. The van der Waals surface area contributed by atoms with E-state index in [2.05, 4.69) is 9.73 Å². The van der Waals surface area contributed by atoms with Crippen LogP contribution in [0.4, 0.5) is 18.0 Å². The third-order valence-electron chi connectivity index (χ3n) is 6.31. The molecule has 14 heteroatoms. The monoisotopic (exact) mass is 584 g/mol. The van der Waals surface area contributed by atoms with Crippen molar-refractivity contribution in [2.45, 2.75) is 44.0 Å². The predicted molar refractivity (Wildman–Crippen MR) is 141 cm³/mol. The van der Waals surface area contributed by atoms with Crippen molar-refractivity contribution in [3.63, 3.8) is 0 Å². The maximum Gasteiger partial charge on any atom is 0.573 e. The van der Waals surface area contributed by atoms with Gasteiger partial charge in [-0.2, -0.15) is 0 Å². The Morgan fingerprint density at radius 3 is 2.38 bits per heavy atom. The molecule has 40 heavy (non-hydrogen) atoms. The summed E-state index contributed by atoms with van der Waals surface area (Å²) >= 11 is 0. The number of aryl methyl sites for hydroxylation is 1. The average Bonchev–Trinajstić information content (AvgIpc) is 3.36. The Bertz CT molecular complexity index is 1360. The third-order valence-corrected chi connectivity index (χ3v) is 8.33. The molecule has 1 heterocycles. The van der Waals surface area contributed by atoms with Crippen LogP contribution < -0.4 is 4.74 Å². The molecule has 0 unspecified atom stereocenters. The minimum atomic E-state index is -4.88. The van der Waals surface area contributed by atoms with Gasteiger partial charge in [0.15, 0.2) is 0 Å². The van der Waals surface area contributed by atoms with Crippen molar-refractivity contribution in [3.8, 4) is 5.75 Å².